The Balaban J connectivity index is 1.42. The molecule has 0 amide bonds. The molecule has 12 heteroatoms. The van der Waals surface area contributed by atoms with E-state index in [0.29, 0.717) is 100 Å². The molecule has 3 aliphatic carbocycles. The third kappa shape index (κ3) is 19.1. The number of allylic oxidation sites excluding steroid dienone is 6. The number of aliphatic carboxylic acids is 1. The van der Waals surface area contributed by atoms with Gasteiger partial charge < -0.3 is 48.5 Å². The van der Waals surface area contributed by atoms with E-state index >= 15 is 0 Å². The normalized spacial score (nSPS) is 28.5. The predicted octanol–water partition coefficient (Wildman–Crippen LogP) is 4.80. The van der Waals surface area contributed by atoms with Crippen molar-refractivity contribution in [1.29, 1.82) is 0 Å². The van der Waals surface area contributed by atoms with Crippen molar-refractivity contribution in [3.8, 4) is 0 Å². The Morgan fingerprint density at radius 1 is 0.704 bits per heavy atom. The summed E-state index contributed by atoms with van der Waals surface area (Å²) >= 11 is 0. The van der Waals surface area contributed by atoms with Crippen molar-refractivity contribution in [3.05, 3.63) is 49.6 Å². The SMILES string of the molecule is C=CC1CCC(/C=C\C2CC(/C=C\C3CC(C=C)C(COCCOCCOCC(=O)O)C3)C(COCCOCC(CO)OCC(O)COCC=NC)C2)C1. The topological polar surface area (TPSA) is 155 Å². The van der Waals surface area contributed by atoms with Gasteiger partial charge in [-0.15, -0.1) is 13.2 Å². The predicted molar refractivity (Wildman–Crippen MR) is 209 cm³/mol. The highest BCUT2D eigenvalue weighted by Crippen LogP contribution is 2.42. The molecular formula is C42H69NO11. The Morgan fingerprint density at radius 2 is 1.31 bits per heavy atom. The summed E-state index contributed by atoms with van der Waals surface area (Å²) in [7, 11) is 1.66. The van der Waals surface area contributed by atoms with Crippen LogP contribution < -0.4 is 0 Å². The second kappa shape index (κ2) is 28.2. The van der Waals surface area contributed by atoms with Crippen molar-refractivity contribution in [2.75, 3.05) is 99.5 Å². The lowest BCUT2D eigenvalue weighted by Crippen LogP contribution is -2.31. The molecule has 3 rings (SSSR count). The largest absolute Gasteiger partial charge is 0.480 e. The highest BCUT2D eigenvalue weighted by atomic mass is 16.6. The molecule has 3 saturated carbocycles. The standard InChI is InChI=1S/C42H69NO11/c1-4-32-6-7-33(20-32)8-9-34-22-37(11-10-35-21-36(5-2)38(23-35)26-50-16-14-48-15-17-53-31-42(46)47)39(24-34)27-51-18-19-52-30-41(25-44)54-29-40(45)28-49-13-12-43-3/h4-5,8-12,32-41,44-45H,1-2,6-7,13-31H2,3H3,(H,46,47)/b9-8-,11-10-,43-12?. The Kier molecular flexibility index (Phi) is 24.1. The molecule has 3 fully saturated rings. The van der Waals surface area contributed by atoms with Gasteiger partial charge in [0.1, 0.15) is 18.8 Å². The van der Waals surface area contributed by atoms with E-state index in [4.69, 9.17) is 38.3 Å². The van der Waals surface area contributed by atoms with Crippen LogP contribution in [0.1, 0.15) is 44.9 Å². The number of nitrogens with zero attached hydrogens (tertiary/aromatic N) is 1. The number of rotatable bonds is 31. The third-order valence-electron chi connectivity index (χ3n) is 10.7. The highest BCUT2D eigenvalue weighted by Gasteiger charge is 2.34. The van der Waals surface area contributed by atoms with E-state index in [-0.39, 0.29) is 39.6 Å². The van der Waals surface area contributed by atoms with Crippen molar-refractivity contribution in [2.24, 2.45) is 52.3 Å². The molecule has 0 aromatic heterocycles. The summed E-state index contributed by atoms with van der Waals surface area (Å²) < 4.78 is 39.2. The first-order valence-electron chi connectivity index (χ1n) is 20.0. The Bertz CT molecular complexity index is 1120. The molecule has 10 atom stereocenters. The fourth-order valence-corrected chi connectivity index (χ4v) is 7.76. The van der Waals surface area contributed by atoms with Gasteiger partial charge in [0.25, 0.3) is 0 Å². The summed E-state index contributed by atoms with van der Waals surface area (Å²) in [5.41, 5.74) is 0. The summed E-state index contributed by atoms with van der Waals surface area (Å²) in [5.74, 6) is 3.01. The van der Waals surface area contributed by atoms with Gasteiger partial charge in [0.2, 0.25) is 0 Å². The van der Waals surface area contributed by atoms with Crippen LogP contribution in [0.15, 0.2) is 54.6 Å². The smallest absolute Gasteiger partial charge is 0.329 e. The number of ether oxygens (including phenoxy) is 7. The van der Waals surface area contributed by atoms with E-state index in [1.807, 2.05) is 0 Å². The van der Waals surface area contributed by atoms with Crippen molar-refractivity contribution in [2.45, 2.75) is 57.2 Å². The minimum absolute atomic E-state index is 0.0472. The van der Waals surface area contributed by atoms with Crippen LogP contribution in [-0.4, -0.2) is 139 Å². The quantitative estimate of drug-likeness (QED) is 0.0507. The Morgan fingerprint density at radius 3 is 1.96 bits per heavy atom. The fourth-order valence-electron chi connectivity index (χ4n) is 7.76. The zero-order chi connectivity index (χ0) is 38.8. The molecule has 0 aliphatic heterocycles. The molecule has 308 valence electrons. The molecule has 3 N–H and O–H groups in total. The molecular weight excluding hydrogens is 694 g/mol. The van der Waals surface area contributed by atoms with Crippen LogP contribution in [-0.2, 0) is 38.0 Å². The Labute approximate surface area is 323 Å². The van der Waals surface area contributed by atoms with Crippen molar-refractivity contribution in [1.82, 2.24) is 0 Å². The van der Waals surface area contributed by atoms with Gasteiger partial charge in [0.15, 0.2) is 0 Å². The fraction of sp³-hybridized carbons (Fsp3) is 0.762. The number of carboxylic acids is 1. The molecule has 10 unspecified atom stereocenters. The van der Waals surface area contributed by atoms with Gasteiger partial charge in [-0.2, -0.15) is 0 Å². The minimum Gasteiger partial charge on any atom is -0.480 e. The van der Waals surface area contributed by atoms with Crippen molar-refractivity contribution in [3.63, 3.8) is 0 Å². The molecule has 3 aliphatic rings. The van der Waals surface area contributed by atoms with Gasteiger partial charge in [0.05, 0.1) is 85.9 Å². The van der Waals surface area contributed by atoms with E-state index in [1.165, 1.54) is 19.3 Å². The van der Waals surface area contributed by atoms with Crippen LogP contribution in [0.3, 0.4) is 0 Å². The highest BCUT2D eigenvalue weighted by molar-refractivity contribution is 5.67. The summed E-state index contributed by atoms with van der Waals surface area (Å²) in [4.78, 5) is 14.3. The van der Waals surface area contributed by atoms with Crippen LogP contribution in [0.5, 0.6) is 0 Å². The van der Waals surface area contributed by atoms with Crippen molar-refractivity contribution < 1.29 is 53.3 Å². The summed E-state index contributed by atoms with van der Waals surface area (Å²) in [6.07, 6.45) is 22.4. The zero-order valence-electron chi connectivity index (χ0n) is 32.6. The number of aliphatic hydroxyl groups excluding tert-OH is 2. The lowest BCUT2D eigenvalue weighted by atomic mass is 9.94. The second-order valence-corrected chi connectivity index (χ2v) is 14.9. The molecule has 0 spiro atoms. The lowest BCUT2D eigenvalue weighted by Gasteiger charge is -2.19. The number of hydrogen-bond donors (Lipinski definition) is 3. The lowest BCUT2D eigenvalue weighted by molar-refractivity contribution is -0.142. The molecule has 0 aromatic rings. The first kappa shape index (κ1) is 46.1. The van der Waals surface area contributed by atoms with Gasteiger partial charge in [-0.25, -0.2) is 4.79 Å². The minimum atomic E-state index is -0.985. The van der Waals surface area contributed by atoms with E-state index in [0.717, 1.165) is 25.7 Å². The van der Waals surface area contributed by atoms with E-state index in [9.17, 15) is 15.0 Å². The Hall–Kier alpha value is -2.26. The first-order valence-corrected chi connectivity index (χ1v) is 20.0. The number of carboxylic acid groups (broad SMARTS) is 1. The van der Waals surface area contributed by atoms with Gasteiger partial charge in [0, 0.05) is 13.3 Å². The van der Waals surface area contributed by atoms with E-state index in [2.05, 4.69) is 54.6 Å². The molecule has 12 nitrogen and oxygen atoms in total. The maximum atomic E-state index is 10.5. The average Bonchev–Trinajstić information content (AvgIpc) is 3.91. The molecule has 54 heavy (non-hydrogen) atoms. The molecule has 0 heterocycles. The summed E-state index contributed by atoms with van der Waals surface area (Å²) in [6.45, 7) is 12.0. The van der Waals surface area contributed by atoms with Crippen molar-refractivity contribution >= 4 is 12.2 Å². The summed E-state index contributed by atoms with van der Waals surface area (Å²) in [6, 6.07) is 0. The van der Waals surface area contributed by atoms with Crippen LogP contribution in [0.25, 0.3) is 0 Å². The van der Waals surface area contributed by atoms with Gasteiger partial charge >= 0.3 is 5.97 Å². The van der Waals surface area contributed by atoms with Gasteiger partial charge in [-0.3, -0.25) is 4.99 Å². The number of aliphatic hydroxyl groups is 2. The molecule has 0 bridgehead atoms. The number of hydrogen-bond acceptors (Lipinski definition) is 11. The molecule has 0 saturated heterocycles. The van der Waals surface area contributed by atoms with Gasteiger partial charge in [-0.1, -0.05) is 36.5 Å². The van der Waals surface area contributed by atoms with Crippen LogP contribution >= 0.6 is 0 Å². The van der Waals surface area contributed by atoms with Gasteiger partial charge in [-0.05, 0) is 92.3 Å². The first-order chi connectivity index (χ1) is 26.3. The average molecular weight is 764 g/mol. The molecule has 0 aromatic carbocycles. The summed E-state index contributed by atoms with van der Waals surface area (Å²) in [5, 5.41) is 28.3. The van der Waals surface area contributed by atoms with Crippen LogP contribution in [0.2, 0.25) is 0 Å². The maximum absolute atomic E-state index is 10.5. The monoisotopic (exact) mass is 763 g/mol. The van der Waals surface area contributed by atoms with Crippen LogP contribution in [0, 0.1) is 47.3 Å². The zero-order valence-corrected chi connectivity index (χ0v) is 32.6. The van der Waals surface area contributed by atoms with Crippen LogP contribution in [0.4, 0.5) is 0 Å². The third-order valence-corrected chi connectivity index (χ3v) is 10.7. The second-order valence-electron chi connectivity index (χ2n) is 14.9. The van der Waals surface area contributed by atoms with E-state index in [1.54, 1.807) is 13.3 Å². The molecule has 0 radical (unpaired) electrons. The number of aliphatic imine (C=N–C) groups is 1. The number of carbonyl (C=O) groups is 1. The maximum Gasteiger partial charge on any atom is 0.329 e. The van der Waals surface area contributed by atoms with E-state index < -0.39 is 18.2 Å².